The Bertz CT molecular complexity index is 448. The Balaban J connectivity index is 2.20. The molecule has 6 heteroatoms. The highest BCUT2D eigenvalue weighted by atomic mass is 35.5. The van der Waals surface area contributed by atoms with Crippen molar-refractivity contribution in [2.45, 2.75) is 25.8 Å². The zero-order valence-corrected chi connectivity index (χ0v) is 10.1. The van der Waals surface area contributed by atoms with Gasteiger partial charge in [-0.25, -0.2) is 9.67 Å². The topological polar surface area (TPSA) is 43.6 Å². The lowest BCUT2D eigenvalue weighted by molar-refractivity contribution is 0.610. The third kappa shape index (κ3) is 2.35. The molecule has 2 aromatic heterocycles. The second-order valence-electron chi connectivity index (χ2n) is 3.29. The van der Waals surface area contributed by atoms with Crippen LogP contribution >= 0.6 is 22.9 Å². The van der Waals surface area contributed by atoms with Crippen molar-refractivity contribution in [1.29, 1.82) is 0 Å². The van der Waals surface area contributed by atoms with Gasteiger partial charge in [-0.2, -0.15) is 0 Å². The second-order valence-corrected chi connectivity index (χ2v) is 5.01. The van der Waals surface area contributed by atoms with E-state index in [0.717, 1.165) is 16.4 Å². The van der Waals surface area contributed by atoms with Gasteiger partial charge >= 0.3 is 0 Å². The monoisotopic (exact) mass is 242 g/mol. The molecule has 0 spiro atoms. The van der Waals surface area contributed by atoms with Crippen molar-refractivity contribution in [2.24, 2.45) is 0 Å². The molecule has 80 valence electrons. The summed E-state index contributed by atoms with van der Waals surface area (Å²) in [7, 11) is 0. The predicted octanol–water partition coefficient (Wildman–Crippen LogP) is 2.39. The number of aryl methyl sites for hydroxylation is 1. The summed E-state index contributed by atoms with van der Waals surface area (Å²) in [5.74, 6) is 0. The van der Waals surface area contributed by atoms with Gasteiger partial charge in [0.25, 0.3) is 0 Å². The Labute approximate surface area is 96.9 Å². The van der Waals surface area contributed by atoms with Crippen molar-refractivity contribution in [3.8, 4) is 0 Å². The summed E-state index contributed by atoms with van der Waals surface area (Å²) >= 11 is 7.64. The summed E-state index contributed by atoms with van der Waals surface area (Å²) in [4.78, 5) is 4.37. The highest BCUT2D eigenvalue weighted by Gasteiger charge is 2.10. The Morgan fingerprint density at radius 1 is 1.60 bits per heavy atom. The van der Waals surface area contributed by atoms with Gasteiger partial charge in [0.05, 0.1) is 34.5 Å². The molecular formula is C9H11ClN4S. The molecule has 0 amide bonds. The van der Waals surface area contributed by atoms with Crippen molar-refractivity contribution in [1.82, 2.24) is 20.0 Å². The van der Waals surface area contributed by atoms with Crippen molar-refractivity contribution in [2.75, 3.05) is 0 Å². The number of alkyl halides is 1. The van der Waals surface area contributed by atoms with Gasteiger partial charge in [-0.05, 0) is 13.8 Å². The van der Waals surface area contributed by atoms with Gasteiger partial charge in [0.1, 0.15) is 0 Å². The molecule has 0 aliphatic carbocycles. The van der Waals surface area contributed by atoms with Crippen molar-refractivity contribution >= 4 is 22.9 Å². The molecule has 0 fully saturated rings. The van der Waals surface area contributed by atoms with Crippen LogP contribution in [0.3, 0.4) is 0 Å². The van der Waals surface area contributed by atoms with Crippen LogP contribution in [-0.4, -0.2) is 20.0 Å². The third-order valence-electron chi connectivity index (χ3n) is 2.03. The van der Waals surface area contributed by atoms with E-state index in [0.29, 0.717) is 6.54 Å². The first-order valence-corrected chi connectivity index (χ1v) is 5.92. The van der Waals surface area contributed by atoms with Crippen LogP contribution in [0.5, 0.6) is 0 Å². The van der Waals surface area contributed by atoms with Crippen LogP contribution in [0.25, 0.3) is 0 Å². The molecule has 0 saturated heterocycles. The standard InChI is InChI=1S/C9H11ClN4S/c1-6(10)9-3-11-13-14(9)4-8-5-15-7(2)12-8/h3,5-6H,4H2,1-2H3. The molecule has 0 aromatic carbocycles. The minimum atomic E-state index is -0.0836. The van der Waals surface area contributed by atoms with Crippen molar-refractivity contribution in [3.63, 3.8) is 0 Å². The molecule has 1 atom stereocenters. The molecule has 4 nitrogen and oxygen atoms in total. The van der Waals surface area contributed by atoms with Gasteiger partial charge in [-0.3, -0.25) is 0 Å². The van der Waals surface area contributed by atoms with E-state index >= 15 is 0 Å². The van der Waals surface area contributed by atoms with E-state index in [4.69, 9.17) is 11.6 Å². The summed E-state index contributed by atoms with van der Waals surface area (Å²) in [6.45, 7) is 4.53. The maximum Gasteiger partial charge on any atom is 0.0898 e. The van der Waals surface area contributed by atoms with E-state index < -0.39 is 0 Å². The molecule has 0 saturated carbocycles. The fourth-order valence-corrected chi connectivity index (χ4v) is 2.10. The summed E-state index contributed by atoms with van der Waals surface area (Å²) in [5.41, 5.74) is 1.92. The highest BCUT2D eigenvalue weighted by Crippen LogP contribution is 2.18. The minimum absolute atomic E-state index is 0.0836. The average Bonchev–Trinajstić information content (AvgIpc) is 2.75. The summed E-state index contributed by atoms with van der Waals surface area (Å²) in [6, 6.07) is 0. The first kappa shape index (κ1) is 10.6. The minimum Gasteiger partial charge on any atom is -0.245 e. The normalized spacial score (nSPS) is 13.0. The van der Waals surface area contributed by atoms with Gasteiger partial charge in [0.15, 0.2) is 0 Å². The molecular weight excluding hydrogens is 232 g/mol. The largest absolute Gasteiger partial charge is 0.245 e. The molecule has 15 heavy (non-hydrogen) atoms. The number of aromatic nitrogens is 4. The molecule has 0 aliphatic rings. The van der Waals surface area contributed by atoms with Gasteiger partial charge in [-0.15, -0.1) is 28.0 Å². The lowest BCUT2D eigenvalue weighted by Crippen LogP contribution is -2.07. The molecule has 0 aliphatic heterocycles. The molecule has 0 radical (unpaired) electrons. The summed E-state index contributed by atoms with van der Waals surface area (Å²) in [5, 5.41) is 10.8. The predicted molar refractivity (Wildman–Crippen MR) is 60.2 cm³/mol. The molecule has 0 bridgehead atoms. The lowest BCUT2D eigenvalue weighted by atomic mass is 10.3. The Morgan fingerprint density at radius 3 is 3.00 bits per heavy atom. The fraction of sp³-hybridized carbons (Fsp3) is 0.444. The lowest BCUT2D eigenvalue weighted by Gasteiger charge is -2.05. The van der Waals surface area contributed by atoms with E-state index in [1.165, 1.54) is 0 Å². The Hall–Kier alpha value is -0.940. The second kappa shape index (κ2) is 4.28. The molecule has 2 rings (SSSR count). The fourth-order valence-electron chi connectivity index (χ4n) is 1.33. The van der Waals surface area contributed by atoms with Gasteiger partial charge in [-0.1, -0.05) is 5.21 Å². The summed E-state index contributed by atoms with van der Waals surface area (Å²) < 4.78 is 1.78. The number of halogens is 1. The van der Waals surface area contributed by atoms with Crippen LogP contribution in [0.15, 0.2) is 11.6 Å². The van der Waals surface area contributed by atoms with Crippen LogP contribution in [0.1, 0.15) is 28.7 Å². The van der Waals surface area contributed by atoms with Gasteiger partial charge < -0.3 is 0 Å². The first-order valence-electron chi connectivity index (χ1n) is 4.60. The third-order valence-corrected chi connectivity index (χ3v) is 3.08. The molecule has 2 heterocycles. The zero-order chi connectivity index (χ0) is 10.8. The SMILES string of the molecule is Cc1nc(Cn2nncc2C(C)Cl)cs1. The highest BCUT2D eigenvalue weighted by molar-refractivity contribution is 7.09. The first-order chi connectivity index (χ1) is 7.16. The quantitative estimate of drug-likeness (QED) is 0.777. The van der Waals surface area contributed by atoms with Crippen molar-refractivity contribution < 1.29 is 0 Å². The maximum absolute atomic E-state index is 6.00. The van der Waals surface area contributed by atoms with Crippen LogP contribution in [0.4, 0.5) is 0 Å². The van der Waals surface area contributed by atoms with E-state index in [-0.39, 0.29) is 5.38 Å². The van der Waals surface area contributed by atoms with Crippen LogP contribution in [-0.2, 0) is 6.54 Å². The van der Waals surface area contributed by atoms with Crippen LogP contribution < -0.4 is 0 Å². The van der Waals surface area contributed by atoms with Crippen LogP contribution in [0.2, 0.25) is 0 Å². The van der Waals surface area contributed by atoms with Gasteiger partial charge in [0.2, 0.25) is 0 Å². The number of thiazole rings is 1. The zero-order valence-electron chi connectivity index (χ0n) is 8.51. The van der Waals surface area contributed by atoms with E-state index in [2.05, 4.69) is 15.3 Å². The van der Waals surface area contributed by atoms with E-state index in [1.807, 2.05) is 19.2 Å². The number of hydrogen-bond donors (Lipinski definition) is 0. The number of nitrogens with zero attached hydrogens (tertiary/aromatic N) is 4. The Morgan fingerprint density at radius 2 is 2.40 bits per heavy atom. The van der Waals surface area contributed by atoms with Crippen LogP contribution in [0, 0.1) is 6.92 Å². The Kier molecular flexibility index (Phi) is 3.02. The molecule has 2 aromatic rings. The average molecular weight is 243 g/mol. The van der Waals surface area contributed by atoms with Gasteiger partial charge in [0, 0.05) is 5.38 Å². The summed E-state index contributed by atoms with van der Waals surface area (Å²) in [6.07, 6.45) is 1.69. The number of rotatable bonds is 3. The van der Waals surface area contributed by atoms with E-state index in [9.17, 15) is 0 Å². The van der Waals surface area contributed by atoms with E-state index in [1.54, 1.807) is 22.2 Å². The maximum atomic E-state index is 6.00. The molecule has 1 unspecified atom stereocenters. The smallest absolute Gasteiger partial charge is 0.0898 e. The number of hydrogen-bond acceptors (Lipinski definition) is 4. The van der Waals surface area contributed by atoms with Crippen molar-refractivity contribution in [3.05, 3.63) is 28.0 Å². The molecule has 0 N–H and O–H groups in total.